The highest BCUT2D eigenvalue weighted by Crippen LogP contribution is 2.33. The number of anilines is 1. The third-order valence-electron chi connectivity index (χ3n) is 2.97. The fourth-order valence-electron chi connectivity index (χ4n) is 1.97. The number of oxazole rings is 1. The number of phenolic OH excluding ortho intramolecular Hbond substituents is 1. The van der Waals surface area contributed by atoms with Crippen LogP contribution in [0.25, 0.3) is 22.6 Å². The predicted octanol–water partition coefficient (Wildman–Crippen LogP) is 3.32. The number of carbonyl (C=O) groups excluding carboxylic acids is 1. The van der Waals surface area contributed by atoms with Gasteiger partial charge in [-0.15, -0.1) is 0 Å². The number of para-hydroxylation sites is 2. The van der Waals surface area contributed by atoms with E-state index in [1.165, 1.54) is 12.1 Å². The summed E-state index contributed by atoms with van der Waals surface area (Å²) in [7, 11) is 0. The first kappa shape index (κ1) is 12.9. The lowest BCUT2D eigenvalue weighted by Gasteiger charge is -2.05. The van der Waals surface area contributed by atoms with Crippen LogP contribution in [0.1, 0.15) is 0 Å². The summed E-state index contributed by atoms with van der Waals surface area (Å²) in [6, 6.07) is 12.0. The highest BCUT2D eigenvalue weighted by Gasteiger charge is 2.13. The lowest BCUT2D eigenvalue weighted by molar-refractivity contribution is -0.111. The summed E-state index contributed by atoms with van der Waals surface area (Å²) < 4.78 is 5.62. The summed E-state index contributed by atoms with van der Waals surface area (Å²) in [4.78, 5) is 15.6. The first-order valence-corrected chi connectivity index (χ1v) is 6.30. The number of hydrogen-bond acceptors (Lipinski definition) is 4. The van der Waals surface area contributed by atoms with Gasteiger partial charge in [-0.1, -0.05) is 18.7 Å². The second-order valence-corrected chi connectivity index (χ2v) is 4.41. The van der Waals surface area contributed by atoms with Gasteiger partial charge in [0.05, 0.1) is 5.56 Å². The molecule has 0 bridgehead atoms. The summed E-state index contributed by atoms with van der Waals surface area (Å²) in [5.74, 6) is -0.00855. The van der Waals surface area contributed by atoms with Gasteiger partial charge in [-0.2, -0.15) is 0 Å². The van der Waals surface area contributed by atoms with Crippen molar-refractivity contribution in [2.24, 2.45) is 0 Å². The normalized spacial score (nSPS) is 10.5. The van der Waals surface area contributed by atoms with Crippen molar-refractivity contribution in [1.82, 2.24) is 4.98 Å². The largest absolute Gasteiger partial charge is 0.507 e. The van der Waals surface area contributed by atoms with Crippen LogP contribution in [0.15, 0.2) is 59.5 Å². The number of nitrogens with zero attached hydrogens (tertiary/aromatic N) is 1. The Bertz CT molecular complexity index is 803. The molecule has 2 N–H and O–H groups in total. The molecule has 1 heterocycles. The van der Waals surface area contributed by atoms with Crippen LogP contribution in [0.2, 0.25) is 0 Å². The van der Waals surface area contributed by atoms with Gasteiger partial charge in [-0.05, 0) is 36.4 Å². The van der Waals surface area contributed by atoms with Gasteiger partial charge in [0, 0.05) is 5.69 Å². The molecule has 3 rings (SSSR count). The molecule has 0 unspecified atom stereocenters. The van der Waals surface area contributed by atoms with Crippen LogP contribution >= 0.6 is 0 Å². The zero-order valence-electron chi connectivity index (χ0n) is 11.0. The Kier molecular flexibility index (Phi) is 3.16. The zero-order chi connectivity index (χ0) is 14.8. The van der Waals surface area contributed by atoms with Crippen LogP contribution < -0.4 is 5.32 Å². The number of hydrogen-bond donors (Lipinski definition) is 2. The quantitative estimate of drug-likeness (QED) is 0.570. The number of fused-ring (bicyclic) bond motifs is 1. The third kappa shape index (κ3) is 2.49. The Hall–Kier alpha value is -3.08. The van der Waals surface area contributed by atoms with Gasteiger partial charge in [0.2, 0.25) is 11.8 Å². The number of amides is 1. The van der Waals surface area contributed by atoms with Crippen molar-refractivity contribution in [3.8, 4) is 17.2 Å². The summed E-state index contributed by atoms with van der Waals surface area (Å²) in [5.41, 5.74) is 2.27. The average molecular weight is 280 g/mol. The molecule has 21 heavy (non-hydrogen) atoms. The molecule has 0 aliphatic carbocycles. The predicted molar refractivity (Wildman–Crippen MR) is 79.9 cm³/mol. The van der Waals surface area contributed by atoms with E-state index in [2.05, 4.69) is 16.9 Å². The highest BCUT2D eigenvalue weighted by atomic mass is 16.3. The first-order valence-electron chi connectivity index (χ1n) is 6.30. The minimum atomic E-state index is -0.329. The molecule has 0 radical (unpaired) electrons. The lowest BCUT2D eigenvalue weighted by atomic mass is 10.1. The van der Waals surface area contributed by atoms with Gasteiger partial charge in [0.1, 0.15) is 11.3 Å². The molecule has 0 saturated heterocycles. The molecule has 5 nitrogen and oxygen atoms in total. The van der Waals surface area contributed by atoms with Gasteiger partial charge in [-0.3, -0.25) is 4.79 Å². The summed E-state index contributed by atoms with van der Waals surface area (Å²) in [5, 5.41) is 12.6. The first-order chi connectivity index (χ1) is 10.2. The fraction of sp³-hybridized carbons (Fsp3) is 0. The standard InChI is InChI=1S/C16H12N2O3/c1-2-15(20)17-10-7-8-13(19)11(9-10)16-18-12-5-3-4-6-14(12)21-16/h2-9,19H,1H2,(H,17,20). The van der Waals surface area contributed by atoms with Crippen molar-refractivity contribution in [2.45, 2.75) is 0 Å². The van der Waals surface area contributed by atoms with Crippen molar-refractivity contribution >= 4 is 22.7 Å². The maximum atomic E-state index is 11.3. The highest BCUT2D eigenvalue weighted by molar-refractivity contribution is 5.99. The van der Waals surface area contributed by atoms with Crippen LogP contribution in [0.5, 0.6) is 5.75 Å². The van der Waals surface area contributed by atoms with E-state index in [0.29, 0.717) is 28.2 Å². The number of nitrogens with one attached hydrogen (secondary N) is 1. The SMILES string of the molecule is C=CC(=O)Nc1ccc(O)c(-c2nc3ccccc3o2)c1. The van der Waals surface area contributed by atoms with E-state index in [9.17, 15) is 9.90 Å². The topological polar surface area (TPSA) is 75.4 Å². The Labute approximate surface area is 120 Å². The molecule has 5 heteroatoms. The van der Waals surface area contributed by atoms with E-state index in [4.69, 9.17) is 4.42 Å². The summed E-state index contributed by atoms with van der Waals surface area (Å²) in [6.07, 6.45) is 1.17. The van der Waals surface area contributed by atoms with E-state index in [1.807, 2.05) is 18.2 Å². The molecule has 1 amide bonds. The zero-order valence-corrected chi connectivity index (χ0v) is 11.0. The maximum absolute atomic E-state index is 11.3. The molecule has 0 aliphatic heterocycles. The molecule has 0 saturated carbocycles. The Morgan fingerprint density at radius 2 is 2.10 bits per heavy atom. The van der Waals surface area contributed by atoms with E-state index >= 15 is 0 Å². The van der Waals surface area contributed by atoms with Crippen molar-refractivity contribution < 1.29 is 14.3 Å². The second kappa shape index (κ2) is 5.13. The third-order valence-corrected chi connectivity index (χ3v) is 2.97. The van der Waals surface area contributed by atoms with Crippen molar-refractivity contribution in [1.29, 1.82) is 0 Å². The number of aromatic hydroxyl groups is 1. The smallest absolute Gasteiger partial charge is 0.247 e. The number of phenols is 1. The minimum absolute atomic E-state index is 0.0261. The number of aromatic nitrogens is 1. The van der Waals surface area contributed by atoms with Crippen molar-refractivity contribution in [3.63, 3.8) is 0 Å². The van der Waals surface area contributed by atoms with Crippen LogP contribution in [0, 0.1) is 0 Å². The molecule has 2 aromatic carbocycles. The van der Waals surface area contributed by atoms with E-state index < -0.39 is 0 Å². The molecular formula is C16H12N2O3. The van der Waals surface area contributed by atoms with Crippen LogP contribution in [0.4, 0.5) is 5.69 Å². The molecule has 3 aromatic rings. The second-order valence-electron chi connectivity index (χ2n) is 4.41. The van der Waals surface area contributed by atoms with Gasteiger partial charge in [0.15, 0.2) is 5.58 Å². The van der Waals surface area contributed by atoms with E-state index in [-0.39, 0.29) is 11.7 Å². The summed E-state index contributed by atoms with van der Waals surface area (Å²) in [6.45, 7) is 3.39. The van der Waals surface area contributed by atoms with Gasteiger partial charge >= 0.3 is 0 Å². The lowest BCUT2D eigenvalue weighted by Crippen LogP contribution is -2.07. The molecular weight excluding hydrogens is 268 g/mol. The van der Waals surface area contributed by atoms with Gasteiger partial charge in [0.25, 0.3) is 0 Å². The molecule has 0 atom stereocenters. The molecule has 104 valence electrons. The molecule has 0 aliphatic rings. The van der Waals surface area contributed by atoms with E-state index in [0.717, 1.165) is 0 Å². The van der Waals surface area contributed by atoms with E-state index in [1.54, 1.807) is 18.2 Å². The fourth-order valence-corrected chi connectivity index (χ4v) is 1.97. The van der Waals surface area contributed by atoms with Crippen LogP contribution in [-0.4, -0.2) is 16.0 Å². The maximum Gasteiger partial charge on any atom is 0.247 e. The Balaban J connectivity index is 2.06. The van der Waals surface area contributed by atoms with Crippen LogP contribution in [0.3, 0.4) is 0 Å². The molecule has 0 spiro atoms. The van der Waals surface area contributed by atoms with Crippen molar-refractivity contribution in [3.05, 3.63) is 55.1 Å². The van der Waals surface area contributed by atoms with Gasteiger partial charge in [-0.25, -0.2) is 4.98 Å². The number of rotatable bonds is 3. The Morgan fingerprint density at radius 3 is 2.86 bits per heavy atom. The monoisotopic (exact) mass is 280 g/mol. The minimum Gasteiger partial charge on any atom is -0.507 e. The van der Waals surface area contributed by atoms with Crippen LogP contribution in [-0.2, 0) is 4.79 Å². The van der Waals surface area contributed by atoms with Gasteiger partial charge < -0.3 is 14.8 Å². The molecule has 0 fully saturated rings. The number of benzene rings is 2. The molecule has 1 aromatic heterocycles. The van der Waals surface area contributed by atoms with Crippen molar-refractivity contribution in [2.75, 3.05) is 5.32 Å². The summed E-state index contributed by atoms with van der Waals surface area (Å²) >= 11 is 0. The Morgan fingerprint density at radius 1 is 1.29 bits per heavy atom. The number of carbonyl (C=O) groups is 1. The average Bonchev–Trinajstić information content (AvgIpc) is 2.92.